The molecule has 1 aliphatic rings. The molecular weight excluding hydrogens is 538 g/mol. The van der Waals surface area contributed by atoms with Crippen LogP contribution < -0.4 is 10.1 Å². The number of nitrogens with one attached hydrogen (secondary N) is 1. The summed E-state index contributed by atoms with van der Waals surface area (Å²) in [5, 5.41) is 19.1. The Morgan fingerprint density at radius 2 is 1.80 bits per heavy atom. The Balaban J connectivity index is 1.67. The van der Waals surface area contributed by atoms with Gasteiger partial charge >= 0.3 is 6.09 Å². The molecule has 0 atom stereocenters. The number of benzene rings is 2. The predicted molar refractivity (Wildman–Crippen MR) is 151 cm³/mol. The van der Waals surface area contributed by atoms with Crippen LogP contribution >= 0.6 is 11.6 Å². The molecule has 2 aromatic carbocycles. The van der Waals surface area contributed by atoms with Gasteiger partial charge in [-0.3, -0.25) is 14.9 Å². The fourth-order valence-corrected chi connectivity index (χ4v) is 4.78. The molecule has 1 N–H and O–H groups in total. The number of aryl methyl sites for hydroxylation is 1. The quantitative estimate of drug-likeness (QED) is 0.280. The molecule has 1 fully saturated rings. The summed E-state index contributed by atoms with van der Waals surface area (Å²) in [5.74, 6) is -0.0948. The lowest BCUT2D eigenvalue weighted by Crippen LogP contribution is -2.41. The number of hydrogen-bond donors (Lipinski definition) is 1. The summed E-state index contributed by atoms with van der Waals surface area (Å²) in [6.45, 7) is 8.17. The second-order valence-electron chi connectivity index (χ2n) is 10.6. The lowest BCUT2D eigenvalue weighted by Gasteiger charge is -2.34. The van der Waals surface area contributed by atoms with E-state index >= 15 is 0 Å². The Bertz CT molecular complexity index is 1420. The highest BCUT2D eigenvalue weighted by Gasteiger charge is 2.32. The van der Waals surface area contributed by atoms with E-state index in [1.54, 1.807) is 33.8 Å². The zero-order valence-electron chi connectivity index (χ0n) is 23.1. The predicted octanol–water partition coefficient (Wildman–Crippen LogP) is 6.12. The first-order chi connectivity index (χ1) is 18.9. The molecule has 2 amide bonds. The number of carbonyl (C=O) groups excluding carboxylic acids is 2. The van der Waals surface area contributed by atoms with Crippen LogP contribution in [-0.4, -0.2) is 57.4 Å². The summed E-state index contributed by atoms with van der Waals surface area (Å²) in [6, 6.07) is 9.36. The number of nitro groups is 1. The van der Waals surface area contributed by atoms with Gasteiger partial charge < -0.3 is 19.7 Å². The molecule has 11 nitrogen and oxygen atoms in total. The molecule has 40 heavy (non-hydrogen) atoms. The van der Waals surface area contributed by atoms with Crippen LogP contribution in [0.15, 0.2) is 42.6 Å². The number of nitrogens with zero attached hydrogens (tertiary/aromatic N) is 4. The van der Waals surface area contributed by atoms with Crippen molar-refractivity contribution in [3.05, 3.63) is 74.6 Å². The highest BCUT2D eigenvalue weighted by Crippen LogP contribution is 2.35. The molecule has 0 radical (unpaired) electrons. The summed E-state index contributed by atoms with van der Waals surface area (Å²) in [5.41, 5.74) is 2.16. The maximum Gasteiger partial charge on any atom is 0.410 e. The second kappa shape index (κ2) is 11.5. The van der Waals surface area contributed by atoms with Crippen molar-refractivity contribution < 1.29 is 24.0 Å². The number of rotatable bonds is 6. The van der Waals surface area contributed by atoms with Crippen molar-refractivity contribution in [2.75, 3.05) is 25.5 Å². The Morgan fingerprint density at radius 1 is 1.15 bits per heavy atom. The first kappa shape index (κ1) is 28.9. The molecule has 1 aliphatic heterocycles. The van der Waals surface area contributed by atoms with Crippen LogP contribution in [0, 0.1) is 17.0 Å². The first-order valence-corrected chi connectivity index (χ1v) is 13.2. The molecule has 0 bridgehead atoms. The van der Waals surface area contributed by atoms with Gasteiger partial charge in [0.05, 0.1) is 40.9 Å². The standard InChI is InChI=1S/C28H32ClN5O6/c1-17-14-23(24(39-5)15-22(17)29)31-26(35)21-16-30-33(19-6-8-20(9-7-19)34(37)38)25(21)18-10-12-32(13-11-18)27(36)40-28(2,3)4/h6-9,14-16,18H,10-13H2,1-5H3,(H,31,35). The zero-order chi connectivity index (χ0) is 29.2. The van der Waals surface area contributed by atoms with E-state index in [9.17, 15) is 19.7 Å². The molecule has 0 saturated carbocycles. The number of halogens is 1. The molecule has 12 heteroatoms. The van der Waals surface area contributed by atoms with E-state index in [0.29, 0.717) is 59.3 Å². The van der Waals surface area contributed by atoms with E-state index in [0.717, 1.165) is 5.56 Å². The van der Waals surface area contributed by atoms with E-state index in [1.165, 1.54) is 25.4 Å². The number of non-ortho nitro benzene ring substituents is 1. The third kappa shape index (κ3) is 6.36. The fourth-order valence-electron chi connectivity index (χ4n) is 4.63. The van der Waals surface area contributed by atoms with Crippen molar-refractivity contribution >= 4 is 35.0 Å². The number of carbonyl (C=O) groups is 2. The first-order valence-electron chi connectivity index (χ1n) is 12.8. The van der Waals surface area contributed by atoms with Crippen molar-refractivity contribution in [1.29, 1.82) is 0 Å². The molecule has 0 unspecified atom stereocenters. The second-order valence-corrected chi connectivity index (χ2v) is 11.0. The maximum atomic E-state index is 13.6. The monoisotopic (exact) mass is 569 g/mol. The Labute approximate surface area is 237 Å². The highest BCUT2D eigenvalue weighted by molar-refractivity contribution is 6.31. The van der Waals surface area contributed by atoms with E-state index in [1.807, 2.05) is 27.7 Å². The van der Waals surface area contributed by atoms with Crippen LogP contribution in [0.1, 0.15) is 61.1 Å². The highest BCUT2D eigenvalue weighted by atomic mass is 35.5. The van der Waals surface area contributed by atoms with Crippen LogP contribution in [-0.2, 0) is 4.74 Å². The minimum atomic E-state index is -0.602. The van der Waals surface area contributed by atoms with E-state index < -0.39 is 16.4 Å². The molecule has 3 aromatic rings. The lowest BCUT2D eigenvalue weighted by atomic mass is 9.90. The zero-order valence-corrected chi connectivity index (χ0v) is 23.8. The molecular formula is C28H32ClN5O6. The number of amides is 2. The van der Waals surface area contributed by atoms with Gasteiger partial charge in [0.2, 0.25) is 0 Å². The van der Waals surface area contributed by atoms with E-state index in [2.05, 4.69) is 10.4 Å². The minimum absolute atomic E-state index is 0.0497. The van der Waals surface area contributed by atoms with Crippen LogP contribution in [0.25, 0.3) is 5.69 Å². The topological polar surface area (TPSA) is 129 Å². The van der Waals surface area contributed by atoms with Gasteiger partial charge in [0.15, 0.2) is 0 Å². The Kier molecular flexibility index (Phi) is 8.34. The minimum Gasteiger partial charge on any atom is -0.495 e. The third-order valence-corrected chi connectivity index (χ3v) is 7.03. The van der Waals surface area contributed by atoms with Gasteiger partial charge in [0.25, 0.3) is 11.6 Å². The molecule has 0 spiro atoms. The van der Waals surface area contributed by atoms with Crippen molar-refractivity contribution in [3.63, 3.8) is 0 Å². The number of piperidine rings is 1. The summed E-state index contributed by atoms with van der Waals surface area (Å²) in [6.07, 6.45) is 2.25. The van der Waals surface area contributed by atoms with E-state index in [-0.39, 0.29) is 17.7 Å². The van der Waals surface area contributed by atoms with Crippen LogP contribution in [0.3, 0.4) is 0 Å². The van der Waals surface area contributed by atoms with Gasteiger partial charge in [-0.15, -0.1) is 0 Å². The Morgan fingerprint density at radius 3 is 2.38 bits per heavy atom. The Hall–Kier alpha value is -4.12. The molecule has 212 valence electrons. The molecule has 2 heterocycles. The summed E-state index contributed by atoms with van der Waals surface area (Å²) >= 11 is 6.23. The van der Waals surface area contributed by atoms with Crippen molar-refractivity contribution in [2.24, 2.45) is 0 Å². The lowest BCUT2D eigenvalue weighted by molar-refractivity contribution is -0.384. The van der Waals surface area contributed by atoms with Crippen molar-refractivity contribution in [3.8, 4) is 11.4 Å². The third-order valence-electron chi connectivity index (χ3n) is 6.62. The number of anilines is 1. The number of methoxy groups -OCH3 is 1. The summed E-state index contributed by atoms with van der Waals surface area (Å²) < 4.78 is 12.6. The van der Waals surface area contributed by atoms with Gasteiger partial charge in [-0.2, -0.15) is 5.10 Å². The van der Waals surface area contributed by atoms with Gasteiger partial charge in [0, 0.05) is 42.2 Å². The molecule has 4 rings (SSSR count). The van der Waals surface area contributed by atoms with Gasteiger partial charge in [0.1, 0.15) is 11.4 Å². The van der Waals surface area contributed by atoms with Gasteiger partial charge in [-0.1, -0.05) is 11.6 Å². The van der Waals surface area contributed by atoms with Crippen LogP contribution in [0.5, 0.6) is 5.75 Å². The van der Waals surface area contributed by atoms with Crippen molar-refractivity contribution in [2.45, 2.75) is 52.1 Å². The SMILES string of the molecule is COc1cc(Cl)c(C)cc1NC(=O)c1cnn(-c2ccc([N+](=O)[O-])cc2)c1C1CCN(C(=O)OC(C)(C)C)CC1. The molecule has 1 saturated heterocycles. The van der Waals surface area contributed by atoms with Crippen LogP contribution in [0.2, 0.25) is 5.02 Å². The number of nitro benzene ring substituents is 1. The average Bonchev–Trinajstić information content (AvgIpc) is 3.35. The maximum absolute atomic E-state index is 13.6. The number of hydrogen-bond acceptors (Lipinski definition) is 7. The fraction of sp³-hybridized carbons (Fsp3) is 0.393. The number of ether oxygens (including phenoxy) is 2. The molecule has 1 aromatic heterocycles. The normalized spacial score (nSPS) is 14.1. The molecule has 0 aliphatic carbocycles. The van der Waals surface area contributed by atoms with Crippen molar-refractivity contribution in [1.82, 2.24) is 14.7 Å². The van der Waals surface area contributed by atoms with Gasteiger partial charge in [-0.25, -0.2) is 9.48 Å². The smallest absolute Gasteiger partial charge is 0.410 e. The number of aromatic nitrogens is 2. The number of likely N-dealkylation sites (tertiary alicyclic amines) is 1. The summed E-state index contributed by atoms with van der Waals surface area (Å²) in [7, 11) is 1.49. The van der Waals surface area contributed by atoms with Crippen LogP contribution in [0.4, 0.5) is 16.2 Å². The average molecular weight is 570 g/mol. The van der Waals surface area contributed by atoms with E-state index in [4.69, 9.17) is 21.1 Å². The van der Waals surface area contributed by atoms with Gasteiger partial charge in [-0.05, 0) is 64.3 Å². The summed E-state index contributed by atoms with van der Waals surface area (Å²) in [4.78, 5) is 38.6. The largest absolute Gasteiger partial charge is 0.495 e.